The summed E-state index contributed by atoms with van der Waals surface area (Å²) in [4.78, 5) is 82.2. The third kappa shape index (κ3) is 16.7. The molecule has 18 nitrogen and oxygen atoms in total. The lowest BCUT2D eigenvalue weighted by molar-refractivity contribution is -0.267. The second-order valence-corrected chi connectivity index (χ2v) is 23.2. The van der Waals surface area contributed by atoms with Crippen LogP contribution in [0.25, 0.3) is 0 Å². The summed E-state index contributed by atoms with van der Waals surface area (Å²) in [6.07, 6.45) is 10.6. The number of aromatic hydroxyl groups is 1. The highest BCUT2D eigenvalue weighted by atomic mass is 16.5. The first-order valence-corrected chi connectivity index (χ1v) is 28.4. The first kappa shape index (κ1) is 63.6. The van der Waals surface area contributed by atoms with Gasteiger partial charge in [-0.05, 0) is 93.9 Å². The van der Waals surface area contributed by atoms with Gasteiger partial charge in [0.1, 0.15) is 41.5 Å². The molecule has 9 N–H and O–H groups in total. The number of nitrogens with one attached hydrogen (secondary N) is 4. The van der Waals surface area contributed by atoms with Crippen molar-refractivity contribution in [2.75, 3.05) is 6.54 Å². The number of ether oxygens (including phenoxy) is 2. The fraction of sp³-hybridized carbons (Fsp3) is 0.667. The van der Waals surface area contributed by atoms with Crippen molar-refractivity contribution in [3.63, 3.8) is 0 Å². The van der Waals surface area contributed by atoms with Crippen molar-refractivity contribution in [3.8, 4) is 5.75 Å². The minimum absolute atomic E-state index is 0.0254. The number of nitrogens with zero attached hydrogens (tertiary/aromatic N) is 1. The number of rotatable bonds is 15. The molecule has 17 atom stereocenters. The van der Waals surface area contributed by atoms with Crippen molar-refractivity contribution in [2.45, 2.75) is 200 Å². The van der Waals surface area contributed by atoms with Gasteiger partial charge in [-0.25, -0.2) is 5.43 Å². The number of esters is 1. The zero-order valence-corrected chi connectivity index (χ0v) is 47.6. The molecule has 4 heterocycles. The van der Waals surface area contributed by atoms with Gasteiger partial charge in [0.25, 0.3) is 5.91 Å². The van der Waals surface area contributed by atoms with E-state index in [-0.39, 0.29) is 79.3 Å². The smallest absolute Gasteiger partial charge is 0.325 e. The number of aliphatic hydroxyl groups is 4. The quantitative estimate of drug-likeness (QED) is 0.0786. The number of piperidine rings is 1. The van der Waals surface area contributed by atoms with Crippen LogP contribution in [0.2, 0.25) is 0 Å². The molecule has 0 aliphatic carbocycles. The van der Waals surface area contributed by atoms with E-state index in [1.54, 1.807) is 51.1 Å². The predicted octanol–water partition coefficient (Wildman–Crippen LogP) is 5.41. The summed E-state index contributed by atoms with van der Waals surface area (Å²) in [6.45, 7) is 18.3. The molecule has 0 radical (unpaired) electrons. The molecule has 0 saturated carbocycles. The molecule has 3 saturated heterocycles. The van der Waals surface area contributed by atoms with Crippen LogP contribution in [0.15, 0.2) is 72.4 Å². The Morgan fingerprint density at radius 3 is 2.36 bits per heavy atom. The second-order valence-electron chi connectivity index (χ2n) is 23.2. The monoisotopic (exact) mass is 1090 g/mol. The summed E-state index contributed by atoms with van der Waals surface area (Å²) >= 11 is 0. The fourth-order valence-electron chi connectivity index (χ4n) is 11.3. The third-order valence-electron chi connectivity index (χ3n) is 16.9. The van der Waals surface area contributed by atoms with Crippen molar-refractivity contribution in [1.29, 1.82) is 0 Å². The summed E-state index contributed by atoms with van der Waals surface area (Å²) in [7, 11) is 0. The Hall–Kier alpha value is -5.24. The van der Waals surface area contributed by atoms with Crippen LogP contribution in [0.3, 0.4) is 0 Å². The van der Waals surface area contributed by atoms with Crippen molar-refractivity contribution in [3.05, 3.63) is 77.9 Å². The maximum atomic E-state index is 14.5. The number of hydrogen-bond donors (Lipinski definition) is 9. The molecule has 78 heavy (non-hydrogen) atoms. The molecule has 1 aromatic rings. The Balaban J connectivity index is 1.35. The number of allylic oxidation sites excluding steroid dienone is 5. The minimum atomic E-state index is -1.43. The van der Waals surface area contributed by atoms with Gasteiger partial charge in [0.15, 0.2) is 0 Å². The minimum Gasteiger partial charge on any atom is -0.508 e. The molecule has 0 aromatic heterocycles. The number of ketones is 1. The van der Waals surface area contributed by atoms with Crippen LogP contribution in [0.4, 0.5) is 0 Å². The van der Waals surface area contributed by atoms with Gasteiger partial charge in [0, 0.05) is 61.8 Å². The SMILES string of the molecule is CCC1CC(C)C2(NC1=O)OC(CC(O)C(C)CC/C=C/C=C(\C)C1C/C=C/C=C/C(O)C(C)C(O)C(CCC(C)=O)C(=O)NC(C(C)C)C(=O)NC(Cc3cccc(O)c3)C(=O)N3CCCC(N3)C(=O)O1)C(C)C(O)C2C. The molecular weight excluding hydrogens is 999 g/mol. The standard InChI is InChI=1S/C60H91N5O13/c1-11-43-30-37(6)60(63-55(43)72)41(10)53(70)40(9)51(78-60)33-49(69)35(4)20-14-12-15-21-36(5)50-26-17-13-16-25-48(68)39(8)54(71)45(28-27-38(7)66)56(73)62-52(34(2)3)57(74)61-47(32-42-22-18-23-44(67)31-42)58(75)65-29-19-24-46(64-65)59(76)77-50/h12-13,15-18,21-23,25,31,34-35,37,39-41,43,45-54,64,67-71H,11,14,19-20,24,26-30,32-33H2,1-10H3,(H,61,74)(H,62,73)(H,63,72)/b15-12+,17-13+,25-16+,36-21+. The average molecular weight is 1090 g/mol. The van der Waals surface area contributed by atoms with Gasteiger partial charge in [-0.15, -0.1) is 0 Å². The van der Waals surface area contributed by atoms with Gasteiger partial charge in [-0.2, -0.15) is 0 Å². The van der Waals surface area contributed by atoms with E-state index in [2.05, 4.69) is 28.3 Å². The number of carbonyl (C=O) groups is 6. The first-order valence-electron chi connectivity index (χ1n) is 28.4. The number of carbonyl (C=O) groups excluding carboxylic acids is 6. The van der Waals surface area contributed by atoms with E-state index in [0.717, 1.165) is 6.42 Å². The van der Waals surface area contributed by atoms with E-state index < -0.39 is 102 Å². The summed E-state index contributed by atoms with van der Waals surface area (Å²) in [5, 5.41) is 66.1. The number of Topliss-reactive ketones (excluding diaryl/α,β-unsaturated/α-hetero) is 1. The molecule has 18 heteroatoms. The number of cyclic esters (lactones) is 1. The molecular formula is C60H91N5O13. The molecule has 4 amide bonds. The van der Waals surface area contributed by atoms with E-state index in [1.165, 1.54) is 30.1 Å². The molecule has 17 unspecified atom stereocenters. The first-order chi connectivity index (χ1) is 36.9. The van der Waals surface area contributed by atoms with Crippen LogP contribution in [-0.4, -0.2) is 133 Å². The Kier molecular flexibility index (Phi) is 23.9. The molecule has 1 spiro atoms. The number of benzene rings is 1. The number of aliphatic hydroxyl groups excluding tert-OH is 4. The molecule has 434 valence electrons. The largest absolute Gasteiger partial charge is 0.508 e. The van der Waals surface area contributed by atoms with E-state index in [4.69, 9.17) is 9.47 Å². The van der Waals surface area contributed by atoms with Gasteiger partial charge in [0.2, 0.25) is 17.7 Å². The second kappa shape index (κ2) is 29.3. The van der Waals surface area contributed by atoms with Gasteiger partial charge in [-0.1, -0.05) is 110 Å². The van der Waals surface area contributed by atoms with Crippen molar-refractivity contribution in [2.24, 2.45) is 47.3 Å². The van der Waals surface area contributed by atoms with Gasteiger partial charge in [0.05, 0.1) is 36.4 Å². The van der Waals surface area contributed by atoms with Gasteiger partial charge < -0.3 is 55.8 Å². The predicted molar refractivity (Wildman–Crippen MR) is 295 cm³/mol. The Labute approximate surface area is 461 Å². The fourth-order valence-corrected chi connectivity index (χ4v) is 11.3. The molecule has 4 aliphatic rings. The normalized spacial score (nSPS) is 34.9. The number of fused-ring (bicyclic) bond motifs is 2. The Morgan fingerprint density at radius 1 is 0.949 bits per heavy atom. The summed E-state index contributed by atoms with van der Waals surface area (Å²) in [6, 6.07) is 2.90. The maximum Gasteiger partial charge on any atom is 0.325 e. The van der Waals surface area contributed by atoms with Crippen LogP contribution >= 0.6 is 0 Å². The zero-order chi connectivity index (χ0) is 57.6. The van der Waals surface area contributed by atoms with Crippen LogP contribution in [0, 0.1) is 47.3 Å². The van der Waals surface area contributed by atoms with Crippen LogP contribution < -0.4 is 21.4 Å². The average Bonchev–Trinajstić information content (AvgIpc) is 3.51. The zero-order valence-electron chi connectivity index (χ0n) is 47.6. The summed E-state index contributed by atoms with van der Waals surface area (Å²) < 4.78 is 12.9. The Bertz CT molecular complexity index is 2340. The van der Waals surface area contributed by atoms with Crippen LogP contribution in [0.5, 0.6) is 5.75 Å². The third-order valence-corrected chi connectivity index (χ3v) is 16.9. The number of hydrogen-bond acceptors (Lipinski definition) is 14. The lowest BCUT2D eigenvalue weighted by atomic mass is 9.69. The topological polar surface area (TPSA) is 273 Å². The van der Waals surface area contributed by atoms with Crippen LogP contribution in [0.1, 0.15) is 139 Å². The van der Waals surface area contributed by atoms with Crippen molar-refractivity contribution >= 4 is 35.4 Å². The van der Waals surface area contributed by atoms with Gasteiger partial charge in [-0.3, -0.25) is 29.0 Å². The molecule has 1 aromatic carbocycles. The highest BCUT2D eigenvalue weighted by Gasteiger charge is 2.57. The van der Waals surface area contributed by atoms with E-state index in [1.807, 2.05) is 52.8 Å². The molecule has 3 fully saturated rings. The van der Waals surface area contributed by atoms with Crippen molar-refractivity contribution in [1.82, 2.24) is 26.4 Å². The number of hydrazine groups is 1. The van der Waals surface area contributed by atoms with Crippen molar-refractivity contribution < 1.29 is 63.8 Å². The molecule has 5 rings (SSSR count). The summed E-state index contributed by atoms with van der Waals surface area (Å²) in [5.41, 5.74) is 3.27. The lowest BCUT2D eigenvalue weighted by Crippen LogP contribution is -2.71. The Morgan fingerprint density at radius 2 is 1.68 bits per heavy atom. The van der Waals surface area contributed by atoms with Crippen LogP contribution in [-0.2, 0) is 44.7 Å². The van der Waals surface area contributed by atoms with Gasteiger partial charge >= 0.3 is 5.97 Å². The highest BCUT2D eigenvalue weighted by molar-refractivity contribution is 5.93. The molecule has 4 aliphatic heterocycles. The lowest BCUT2D eigenvalue weighted by Gasteiger charge is -2.56. The van der Waals surface area contributed by atoms with E-state index in [9.17, 15) is 54.3 Å². The van der Waals surface area contributed by atoms with E-state index >= 15 is 0 Å². The number of phenolic OH excluding ortho intramolecular Hbond substituents is 1. The maximum absolute atomic E-state index is 14.5. The molecule has 2 bridgehead atoms. The number of phenols is 1. The number of amides is 4. The highest BCUT2D eigenvalue weighted by Crippen LogP contribution is 2.46. The summed E-state index contributed by atoms with van der Waals surface area (Å²) in [5.74, 6) is -6.33. The van der Waals surface area contributed by atoms with E-state index in [0.29, 0.717) is 49.7 Å².